The number of piperidine rings is 1. The van der Waals surface area contributed by atoms with E-state index in [4.69, 9.17) is 4.74 Å². The number of hydrogen-bond donors (Lipinski definition) is 3. The van der Waals surface area contributed by atoms with Gasteiger partial charge in [-0.3, -0.25) is 9.48 Å². The van der Waals surface area contributed by atoms with Crippen molar-refractivity contribution in [2.24, 2.45) is 0 Å². The Hall–Kier alpha value is -1.44. The fourth-order valence-corrected chi connectivity index (χ4v) is 4.13. The predicted molar refractivity (Wildman–Crippen MR) is 94.4 cm³/mol. The molecule has 1 unspecified atom stereocenters. The molecule has 3 aliphatic heterocycles. The van der Waals surface area contributed by atoms with Crippen LogP contribution in [0.2, 0.25) is 0 Å². The largest absolute Gasteiger partial charge is 0.367 e. The van der Waals surface area contributed by atoms with Gasteiger partial charge in [0, 0.05) is 12.6 Å². The summed E-state index contributed by atoms with van der Waals surface area (Å²) in [7, 11) is 0. The van der Waals surface area contributed by atoms with E-state index in [1.54, 1.807) is 0 Å². The number of ether oxygens (including phenoxy) is 1. The molecule has 0 bridgehead atoms. The summed E-state index contributed by atoms with van der Waals surface area (Å²) in [5.74, 6) is -0.0766. The number of hydrogen-bond acceptors (Lipinski definition) is 5. The number of nitrogens with zero attached hydrogens (tertiary/aromatic N) is 2. The van der Waals surface area contributed by atoms with Crippen LogP contribution in [0.15, 0.2) is 6.07 Å². The van der Waals surface area contributed by atoms with Crippen molar-refractivity contribution in [2.45, 2.75) is 63.3 Å². The minimum absolute atomic E-state index is 0.0766. The molecule has 1 aromatic rings. The van der Waals surface area contributed by atoms with Crippen LogP contribution in [0.25, 0.3) is 0 Å². The number of nitrogens with one attached hydrogen (secondary N) is 3. The smallest absolute Gasteiger partial charge is 0.271 e. The van der Waals surface area contributed by atoms with Crippen LogP contribution in [0.3, 0.4) is 0 Å². The van der Waals surface area contributed by atoms with Gasteiger partial charge in [-0.15, -0.1) is 0 Å². The average Bonchev–Trinajstić information content (AvgIpc) is 2.86. The summed E-state index contributed by atoms with van der Waals surface area (Å²) in [6, 6.07) is 2.26. The third-order valence-corrected chi connectivity index (χ3v) is 5.75. The molecule has 1 aromatic heterocycles. The van der Waals surface area contributed by atoms with E-state index >= 15 is 0 Å². The Morgan fingerprint density at radius 3 is 3.08 bits per heavy atom. The molecule has 0 radical (unpaired) electrons. The molecule has 4 rings (SSSR count). The van der Waals surface area contributed by atoms with Crippen LogP contribution >= 0.6 is 0 Å². The van der Waals surface area contributed by atoms with Crippen LogP contribution < -0.4 is 16.0 Å². The highest BCUT2D eigenvalue weighted by Crippen LogP contribution is 2.31. The first kappa shape index (κ1) is 17.0. The van der Waals surface area contributed by atoms with Gasteiger partial charge in [0.15, 0.2) is 5.69 Å². The van der Waals surface area contributed by atoms with Gasteiger partial charge in [-0.1, -0.05) is 12.8 Å². The molecule has 7 heteroatoms. The second-order valence-electron chi connectivity index (χ2n) is 7.61. The van der Waals surface area contributed by atoms with Gasteiger partial charge in [0.25, 0.3) is 5.91 Å². The lowest BCUT2D eigenvalue weighted by atomic mass is 9.91. The molecule has 3 aliphatic rings. The molecule has 0 aromatic carbocycles. The van der Waals surface area contributed by atoms with Crippen LogP contribution in [0, 0.1) is 0 Å². The summed E-state index contributed by atoms with van der Waals surface area (Å²) in [6.45, 7) is 4.99. The first-order chi connectivity index (χ1) is 12.2. The van der Waals surface area contributed by atoms with Crippen molar-refractivity contribution < 1.29 is 9.53 Å². The second-order valence-corrected chi connectivity index (χ2v) is 7.61. The summed E-state index contributed by atoms with van der Waals surface area (Å²) >= 11 is 0. The minimum atomic E-state index is -0.109. The Kier molecular flexibility index (Phi) is 5.05. The summed E-state index contributed by atoms with van der Waals surface area (Å²) in [5.41, 5.74) is 1.41. The fraction of sp³-hybridized carbons (Fsp3) is 0.778. The zero-order valence-electron chi connectivity index (χ0n) is 14.9. The number of aromatic nitrogens is 2. The zero-order chi connectivity index (χ0) is 17.1. The van der Waals surface area contributed by atoms with E-state index in [1.807, 2.05) is 10.7 Å². The van der Waals surface area contributed by atoms with Gasteiger partial charge in [-0.25, -0.2) is 0 Å². The molecular formula is C18H29N5O2. The summed E-state index contributed by atoms with van der Waals surface area (Å²) in [4.78, 5) is 12.5. The first-order valence-corrected chi connectivity index (χ1v) is 9.67. The molecule has 2 fully saturated rings. The molecule has 138 valence electrons. The molecule has 2 saturated heterocycles. The van der Waals surface area contributed by atoms with Crippen molar-refractivity contribution in [3.8, 4) is 0 Å². The van der Waals surface area contributed by atoms with Gasteiger partial charge in [-0.2, -0.15) is 5.10 Å². The van der Waals surface area contributed by atoms with Crippen LogP contribution in [-0.2, 0) is 17.9 Å². The summed E-state index contributed by atoms with van der Waals surface area (Å²) in [6.07, 6.45) is 6.88. The first-order valence-electron chi connectivity index (χ1n) is 9.67. The number of carbonyl (C=O) groups is 1. The van der Waals surface area contributed by atoms with Gasteiger partial charge in [0.05, 0.1) is 24.4 Å². The molecular weight excluding hydrogens is 318 g/mol. The molecule has 3 N–H and O–H groups in total. The van der Waals surface area contributed by atoms with Crippen molar-refractivity contribution in [1.82, 2.24) is 25.7 Å². The standard InChI is InChI=1S/C18H29N5O2/c24-17(21-11-14-4-2-1-3-7-20-14)16-10-15-12-25-18(13-23(15)22-16)5-8-19-9-6-18/h10,14,19-20H,1-9,11-13H2,(H,21,24). The maximum absolute atomic E-state index is 12.5. The van der Waals surface area contributed by atoms with Gasteiger partial charge in [-0.05, 0) is 51.4 Å². The lowest BCUT2D eigenvalue weighted by Crippen LogP contribution is -2.49. The maximum Gasteiger partial charge on any atom is 0.271 e. The molecule has 0 saturated carbocycles. The maximum atomic E-state index is 12.5. The Bertz CT molecular complexity index is 601. The Labute approximate surface area is 148 Å². The second kappa shape index (κ2) is 7.43. The van der Waals surface area contributed by atoms with E-state index in [0.717, 1.165) is 51.1 Å². The van der Waals surface area contributed by atoms with Crippen LogP contribution in [0.5, 0.6) is 0 Å². The quantitative estimate of drug-likeness (QED) is 0.754. The monoisotopic (exact) mass is 347 g/mol. The van der Waals surface area contributed by atoms with Gasteiger partial charge in [0.1, 0.15) is 0 Å². The van der Waals surface area contributed by atoms with Gasteiger partial charge >= 0.3 is 0 Å². The summed E-state index contributed by atoms with van der Waals surface area (Å²) < 4.78 is 8.13. The van der Waals surface area contributed by atoms with Crippen LogP contribution in [0.4, 0.5) is 0 Å². The Morgan fingerprint density at radius 2 is 2.20 bits per heavy atom. The highest BCUT2D eigenvalue weighted by atomic mass is 16.5. The van der Waals surface area contributed by atoms with Crippen molar-refractivity contribution in [1.29, 1.82) is 0 Å². The highest BCUT2D eigenvalue weighted by Gasteiger charge is 2.38. The molecule has 7 nitrogen and oxygen atoms in total. The summed E-state index contributed by atoms with van der Waals surface area (Å²) in [5, 5.41) is 14.5. The zero-order valence-corrected chi connectivity index (χ0v) is 14.9. The average molecular weight is 347 g/mol. The minimum Gasteiger partial charge on any atom is -0.367 e. The van der Waals surface area contributed by atoms with Crippen molar-refractivity contribution in [2.75, 3.05) is 26.2 Å². The fourth-order valence-electron chi connectivity index (χ4n) is 4.13. The van der Waals surface area contributed by atoms with E-state index < -0.39 is 0 Å². The highest BCUT2D eigenvalue weighted by molar-refractivity contribution is 5.92. The lowest BCUT2D eigenvalue weighted by Gasteiger charge is -2.40. The van der Waals surface area contributed by atoms with Gasteiger partial charge in [0.2, 0.25) is 0 Å². The molecule has 25 heavy (non-hydrogen) atoms. The number of carbonyl (C=O) groups excluding carboxylic acids is 1. The van der Waals surface area contributed by atoms with E-state index in [2.05, 4.69) is 21.0 Å². The van der Waals surface area contributed by atoms with Crippen molar-refractivity contribution >= 4 is 5.91 Å². The number of amides is 1. The van der Waals surface area contributed by atoms with E-state index in [-0.39, 0.29) is 11.5 Å². The molecule has 1 atom stereocenters. The normalized spacial score (nSPS) is 26.0. The van der Waals surface area contributed by atoms with Crippen LogP contribution in [-0.4, -0.2) is 53.5 Å². The molecule has 1 spiro atoms. The predicted octanol–water partition coefficient (Wildman–Crippen LogP) is 0.798. The van der Waals surface area contributed by atoms with Crippen molar-refractivity contribution in [3.05, 3.63) is 17.5 Å². The topological polar surface area (TPSA) is 80.2 Å². The molecule has 1 amide bonds. The third-order valence-electron chi connectivity index (χ3n) is 5.75. The number of rotatable bonds is 3. The third kappa shape index (κ3) is 3.88. The van der Waals surface area contributed by atoms with Gasteiger partial charge < -0.3 is 20.7 Å². The number of fused-ring (bicyclic) bond motifs is 1. The Morgan fingerprint density at radius 1 is 1.32 bits per heavy atom. The SMILES string of the molecule is O=C(NCC1CCCCCN1)c1cc2n(n1)CC1(CCNCC1)OC2. The van der Waals surface area contributed by atoms with E-state index in [9.17, 15) is 4.79 Å². The van der Waals surface area contributed by atoms with E-state index in [1.165, 1.54) is 19.3 Å². The molecule has 0 aliphatic carbocycles. The lowest BCUT2D eigenvalue weighted by molar-refractivity contribution is -0.109. The van der Waals surface area contributed by atoms with E-state index in [0.29, 0.717) is 24.9 Å². The van der Waals surface area contributed by atoms with Crippen molar-refractivity contribution in [3.63, 3.8) is 0 Å². The molecule has 4 heterocycles. The Balaban J connectivity index is 1.36. The van der Waals surface area contributed by atoms with Crippen LogP contribution in [0.1, 0.15) is 54.7 Å².